The number of carbonyl (C=O) groups excluding carboxylic acids is 1. The molecule has 0 saturated carbocycles. The monoisotopic (exact) mass is 394 g/mol. The molecule has 3 aromatic rings. The van der Waals surface area contributed by atoms with Crippen LogP contribution in [-0.4, -0.2) is 51.9 Å². The van der Waals surface area contributed by atoms with Crippen LogP contribution in [0, 0.1) is 0 Å². The Bertz CT molecular complexity index is 925. The van der Waals surface area contributed by atoms with Crippen molar-refractivity contribution in [2.75, 3.05) is 36.4 Å². The van der Waals surface area contributed by atoms with E-state index in [-0.39, 0.29) is 5.91 Å². The van der Waals surface area contributed by atoms with Gasteiger partial charge in [0.1, 0.15) is 5.82 Å². The highest BCUT2D eigenvalue weighted by Crippen LogP contribution is 2.17. The van der Waals surface area contributed by atoms with Crippen LogP contribution in [0.4, 0.5) is 17.5 Å². The lowest BCUT2D eigenvalue weighted by molar-refractivity contribution is 0.0745. The second-order valence-corrected chi connectivity index (χ2v) is 6.83. The predicted molar refractivity (Wildman–Crippen MR) is 109 cm³/mol. The molecule has 0 unspecified atom stereocenters. The van der Waals surface area contributed by atoms with E-state index < -0.39 is 0 Å². The number of pyridine rings is 1. The summed E-state index contributed by atoms with van der Waals surface area (Å²) in [6.45, 7) is 2.78. The van der Waals surface area contributed by atoms with Crippen LogP contribution in [0.25, 0.3) is 0 Å². The van der Waals surface area contributed by atoms with Crippen molar-refractivity contribution in [2.24, 2.45) is 0 Å². The summed E-state index contributed by atoms with van der Waals surface area (Å²) in [5.74, 6) is 1.31. The molecule has 0 spiro atoms. The van der Waals surface area contributed by atoms with E-state index >= 15 is 0 Å². The van der Waals surface area contributed by atoms with Gasteiger partial charge in [0.2, 0.25) is 5.95 Å². The highest BCUT2D eigenvalue weighted by atomic mass is 35.5. The third kappa shape index (κ3) is 4.20. The molecule has 7 nitrogen and oxygen atoms in total. The largest absolute Gasteiger partial charge is 0.353 e. The minimum absolute atomic E-state index is 0.0567. The van der Waals surface area contributed by atoms with Crippen molar-refractivity contribution < 1.29 is 4.79 Å². The van der Waals surface area contributed by atoms with E-state index in [1.54, 1.807) is 30.7 Å². The summed E-state index contributed by atoms with van der Waals surface area (Å²) in [5.41, 5.74) is 1.31. The first-order valence-corrected chi connectivity index (χ1v) is 9.37. The maximum Gasteiger partial charge on any atom is 0.257 e. The van der Waals surface area contributed by atoms with Crippen molar-refractivity contribution in [3.05, 3.63) is 71.6 Å². The van der Waals surface area contributed by atoms with Gasteiger partial charge in [0.25, 0.3) is 5.91 Å². The van der Waals surface area contributed by atoms with Gasteiger partial charge in [-0.2, -0.15) is 0 Å². The third-order valence-electron chi connectivity index (χ3n) is 4.54. The number of hydrogen-bond donors (Lipinski definition) is 1. The van der Waals surface area contributed by atoms with Gasteiger partial charge in [-0.15, -0.1) is 0 Å². The van der Waals surface area contributed by atoms with Crippen LogP contribution in [0.5, 0.6) is 0 Å². The Morgan fingerprint density at radius 3 is 2.29 bits per heavy atom. The van der Waals surface area contributed by atoms with Crippen molar-refractivity contribution in [1.82, 2.24) is 19.9 Å². The van der Waals surface area contributed by atoms with Crippen molar-refractivity contribution in [3.63, 3.8) is 0 Å². The summed E-state index contributed by atoms with van der Waals surface area (Å²) in [4.78, 5) is 29.6. The van der Waals surface area contributed by atoms with E-state index in [0.717, 1.165) is 24.6 Å². The Labute approximate surface area is 168 Å². The number of hydrogen-bond acceptors (Lipinski definition) is 6. The molecule has 1 saturated heterocycles. The molecule has 1 aliphatic rings. The van der Waals surface area contributed by atoms with Crippen molar-refractivity contribution in [1.29, 1.82) is 0 Å². The highest BCUT2D eigenvalue weighted by Gasteiger charge is 2.23. The molecule has 2 aromatic heterocycles. The van der Waals surface area contributed by atoms with Crippen LogP contribution in [0.1, 0.15) is 10.4 Å². The molecule has 8 heteroatoms. The minimum Gasteiger partial charge on any atom is -0.353 e. The smallest absolute Gasteiger partial charge is 0.257 e. The first kappa shape index (κ1) is 18.2. The number of rotatable bonds is 4. The zero-order valence-corrected chi connectivity index (χ0v) is 15.9. The number of aromatic nitrogens is 3. The van der Waals surface area contributed by atoms with Crippen LogP contribution in [0.2, 0.25) is 5.02 Å². The lowest BCUT2D eigenvalue weighted by atomic mass is 10.2. The molecule has 0 bridgehead atoms. The third-order valence-corrected chi connectivity index (χ3v) is 4.79. The number of amides is 1. The molecule has 3 heterocycles. The van der Waals surface area contributed by atoms with E-state index in [9.17, 15) is 4.79 Å². The fraction of sp³-hybridized carbons (Fsp3) is 0.200. The van der Waals surface area contributed by atoms with Crippen LogP contribution in [0.15, 0.2) is 61.1 Å². The molecule has 1 amide bonds. The summed E-state index contributed by atoms with van der Waals surface area (Å²) in [6, 6.07) is 13.1. The SMILES string of the molecule is O=C(c1cnc(Nc2ccc(Cl)cc2)nc1)N1CCN(c2ccccn2)CC1. The number of carbonyl (C=O) groups is 1. The van der Waals surface area contributed by atoms with Gasteiger partial charge in [0.05, 0.1) is 5.56 Å². The van der Waals surface area contributed by atoms with Crippen LogP contribution in [0.3, 0.4) is 0 Å². The Morgan fingerprint density at radius 2 is 1.64 bits per heavy atom. The van der Waals surface area contributed by atoms with Crippen LogP contribution < -0.4 is 10.2 Å². The molecular weight excluding hydrogens is 376 g/mol. The van der Waals surface area contributed by atoms with Gasteiger partial charge in [-0.25, -0.2) is 15.0 Å². The molecule has 0 atom stereocenters. The zero-order valence-electron chi connectivity index (χ0n) is 15.1. The average Bonchev–Trinajstić information content (AvgIpc) is 2.76. The number of piperazine rings is 1. The standard InChI is InChI=1S/C20H19ClN6O/c21-16-4-6-17(7-5-16)25-20-23-13-15(14-24-20)19(28)27-11-9-26(10-12-27)18-3-1-2-8-22-18/h1-8,13-14H,9-12H2,(H,23,24,25). The van der Waals surface area contributed by atoms with E-state index in [1.807, 2.05) is 35.2 Å². The molecule has 28 heavy (non-hydrogen) atoms. The number of halogens is 1. The highest BCUT2D eigenvalue weighted by molar-refractivity contribution is 6.30. The van der Waals surface area contributed by atoms with E-state index in [1.165, 1.54) is 0 Å². The summed E-state index contributed by atoms with van der Waals surface area (Å²) in [7, 11) is 0. The van der Waals surface area contributed by atoms with Crippen LogP contribution >= 0.6 is 11.6 Å². The van der Waals surface area contributed by atoms with Gasteiger partial charge >= 0.3 is 0 Å². The van der Waals surface area contributed by atoms with Crippen LogP contribution in [-0.2, 0) is 0 Å². The summed E-state index contributed by atoms with van der Waals surface area (Å²) in [5, 5.41) is 3.74. The molecule has 4 rings (SSSR count). The molecule has 1 aromatic carbocycles. The first-order valence-electron chi connectivity index (χ1n) is 8.99. The molecule has 142 valence electrons. The average molecular weight is 395 g/mol. The molecular formula is C20H19ClN6O. The quantitative estimate of drug-likeness (QED) is 0.732. The van der Waals surface area contributed by atoms with Gasteiger partial charge in [0, 0.05) is 55.5 Å². The fourth-order valence-corrected chi connectivity index (χ4v) is 3.15. The second-order valence-electron chi connectivity index (χ2n) is 6.39. The zero-order chi connectivity index (χ0) is 19.3. The molecule has 1 fully saturated rings. The maximum absolute atomic E-state index is 12.7. The lowest BCUT2D eigenvalue weighted by Gasteiger charge is -2.35. The van der Waals surface area contributed by atoms with Gasteiger partial charge < -0.3 is 15.1 Å². The second kappa shape index (κ2) is 8.22. The summed E-state index contributed by atoms with van der Waals surface area (Å²) < 4.78 is 0. The van der Waals surface area contributed by atoms with E-state index in [0.29, 0.717) is 29.6 Å². The molecule has 1 N–H and O–H groups in total. The Kier molecular flexibility index (Phi) is 5.34. The van der Waals surface area contributed by atoms with Crippen molar-refractivity contribution in [2.45, 2.75) is 0 Å². The lowest BCUT2D eigenvalue weighted by Crippen LogP contribution is -2.49. The molecule has 1 aliphatic heterocycles. The topological polar surface area (TPSA) is 74.2 Å². The number of anilines is 3. The summed E-state index contributed by atoms with van der Waals surface area (Å²) in [6.07, 6.45) is 4.89. The molecule has 0 aliphatic carbocycles. The van der Waals surface area contributed by atoms with Gasteiger partial charge in [-0.05, 0) is 36.4 Å². The van der Waals surface area contributed by atoms with E-state index in [4.69, 9.17) is 11.6 Å². The summed E-state index contributed by atoms with van der Waals surface area (Å²) >= 11 is 5.88. The van der Waals surface area contributed by atoms with Gasteiger partial charge in [-0.1, -0.05) is 17.7 Å². The number of benzene rings is 1. The Balaban J connectivity index is 1.35. The normalized spacial score (nSPS) is 14.0. The first-order chi connectivity index (χ1) is 13.7. The van der Waals surface area contributed by atoms with Crippen molar-refractivity contribution >= 4 is 35.0 Å². The van der Waals surface area contributed by atoms with Gasteiger partial charge in [-0.3, -0.25) is 4.79 Å². The maximum atomic E-state index is 12.7. The number of nitrogens with one attached hydrogen (secondary N) is 1. The minimum atomic E-state index is -0.0567. The van der Waals surface area contributed by atoms with E-state index in [2.05, 4.69) is 25.2 Å². The van der Waals surface area contributed by atoms with Gasteiger partial charge in [0.15, 0.2) is 0 Å². The Hall–Kier alpha value is -3.19. The predicted octanol–water partition coefficient (Wildman–Crippen LogP) is 3.23. The number of nitrogens with zero attached hydrogens (tertiary/aromatic N) is 5. The fourth-order valence-electron chi connectivity index (χ4n) is 3.03. The van der Waals surface area contributed by atoms with Crippen molar-refractivity contribution in [3.8, 4) is 0 Å². The molecule has 0 radical (unpaired) electrons. The Morgan fingerprint density at radius 1 is 0.929 bits per heavy atom.